The Balaban J connectivity index is 2.00. The van der Waals surface area contributed by atoms with Gasteiger partial charge < -0.3 is 10.6 Å². The molecule has 0 heterocycles. The van der Waals surface area contributed by atoms with Crippen molar-refractivity contribution in [3.63, 3.8) is 0 Å². The van der Waals surface area contributed by atoms with Crippen molar-refractivity contribution < 1.29 is 9.59 Å². The summed E-state index contributed by atoms with van der Waals surface area (Å²) in [5.41, 5.74) is 8.74. The van der Waals surface area contributed by atoms with Gasteiger partial charge in [-0.15, -0.1) is 11.8 Å². The van der Waals surface area contributed by atoms with E-state index in [1.54, 1.807) is 4.90 Å². The van der Waals surface area contributed by atoms with Gasteiger partial charge in [0.2, 0.25) is 11.8 Å². The molecule has 0 radical (unpaired) electrons. The molecule has 132 valence electrons. The van der Waals surface area contributed by atoms with Crippen LogP contribution in [0.3, 0.4) is 0 Å². The van der Waals surface area contributed by atoms with Crippen LogP contribution in [0.25, 0.3) is 0 Å². The van der Waals surface area contributed by atoms with E-state index >= 15 is 0 Å². The predicted molar refractivity (Wildman–Crippen MR) is 102 cm³/mol. The third-order valence-electron chi connectivity index (χ3n) is 4.04. The lowest BCUT2D eigenvalue weighted by molar-refractivity contribution is -0.129. The van der Waals surface area contributed by atoms with Crippen molar-refractivity contribution in [3.8, 4) is 0 Å². The molecule has 0 aliphatic heterocycles. The molecule has 2 amide bonds. The van der Waals surface area contributed by atoms with Crippen molar-refractivity contribution in [2.24, 2.45) is 5.73 Å². The van der Waals surface area contributed by atoms with Crippen molar-refractivity contribution in [2.45, 2.75) is 31.7 Å². The van der Waals surface area contributed by atoms with Crippen LogP contribution in [0.2, 0.25) is 0 Å². The molecule has 0 aromatic heterocycles. The highest BCUT2D eigenvalue weighted by atomic mass is 32.2. The van der Waals surface area contributed by atoms with Gasteiger partial charge in [-0.2, -0.15) is 0 Å². The Morgan fingerprint density at radius 2 is 1.76 bits per heavy atom. The molecule has 0 fully saturated rings. The average Bonchev–Trinajstić information content (AvgIpc) is 2.60. The molecule has 0 unspecified atom stereocenters. The summed E-state index contributed by atoms with van der Waals surface area (Å²) in [5.74, 6) is -0.0466. The second-order valence-electron chi connectivity index (χ2n) is 6.05. The summed E-state index contributed by atoms with van der Waals surface area (Å²) in [6.45, 7) is 4.97. The van der Waals surface area contributed by atoms with Crippen molar-refractivity contribution in [3.05, 3.63) is 65.2 Å². The summed E-state index contributed by atoms with van der Waals surface area (Å²) in [4.78, 5) is 26.5. The first kappa shape index (κ1) is 19.1. The minimum absolute atomic E-state index is 0.00771. The number of primary amides is 1. The zero-order valence-electron chi connectivity index (χ0n) is 14.7. The number of hydrogen-bond acceptors (Lipinski definition) is 3. The number of carbonyl (C=O) groups excluding carboxylic acids is 2. The maximum atomic E-state index is 12.6. The molecule has 0 atom stereocenters. The Kier molecular flexibility index (Phi) is 7.07. The van der Waals surface area contributed by atoms with E-state index in [2.05, 4.69) is 26.0 Å². The van der Waals surface area contributed by atoms with Crippen LogP contribution in [0.1, 0.15) is 23.1 Å². The fourth-order valence-electron chi connectivity index (χ4n) is 2.38. The number of thioether (sulfide) groups is 1. The molecule has 2 N–H and O–H groups in total. The lowest BCUT2D eigenvalue weighted by atomic mass is 10.1. The largest absolute Gasteiger partial charge is 0.370 e. The van der Waals surface area contributed by atoms with E-state index in [9.17, 15) is 9.59 Å². The normalized spacial score (nSPS) is 10.5. The van der Waals surface area contributed by atoms with E-state index in [0.29, 0.717) is 18.8 Å². The van der Waals surface area contributed by atoms with Crippen molar-refractivity contribution in [1.29, 1.82) is 0 Å². The zero-order valence-corrected chi connectivity index (χ0v) is 15.5. The van der Waals surface area contributed by atoms with Gasteiger partial charge in [-0.1, -0.05) is 36.4 Å². The molecule has 2 aromatic carbocycles. The minimum atomic E-state index is -0.396. The fraction of sp³-hybridized carbons (Fsp3) is 0.300. The van der Waals surface area contributed by atoms with Crippen LogP contribution in [0, 0.1) is 13.8 Å². The van der Waals surface area contributed by atoms with E-state index in [-0.39, 0.29) is 12.3 Å². The lowest BCUT2D eigenvalue weighted by Gasteiger charge is -2.22. The second-order valence-corrected chi connectivity index (χ2v) is 7.10. The van der Waals surface area contributed by atoms with Crippen molar-refractivity contribution in [1.82, 2.24) is 4.90 Å². The maximum Gasteiger partial charge on any atom is 0.233 e. The lowest BCUT2D eigenvalue weighted by Crippen LogP contribution is -2.34. The molecule has 25 heavy (non-hydrogen) atoms. The van der Waals surface area contributed by atoms with Crippen LogP contribution in [0.4, 0.5) is 0 Å². The van der Waals surface area contributed by atoms with Gasteiger partial charge in [-0.05, 0) is 42.7 Å². The minimum Gasteiger partial charge on any atom is -0.370 e. The summed E-state index contributed by atoms with van der Waals surface area (Å²) in [5, 5.41) is 0. The summed E-state index contributed by atoms with van der Waals surface area (Å²) in [6, 6.07) is 16.0. The number of nitrogens with two attached hydrogens (primary N) is 1. The van der Waals surface area contributed by atoms with Crippen LogP contribution >= 0.6 is 11.8 Å². The maximum absolute atomic E-state index is 12.6. The van der Waals surface area contributed by atoms with E-state index < -0.39 is 5.91 Å². The van der Waals surface area contributed by atoms with Gasteiger partial charge in [0.05, 0.1) is 5.75 Å². The second kappa shape index (κ2) is 9.28. The van der Waals surface area contributed by atoms with Gasteiger partial charge >= 0.3 is 0 Å². The highest BCUT2D eigenvalue weighted by molar-refractivity contribution is 8.00. The number of benzene rings is 2. The number of carbonyl (C=O) groups is 2. The first-order valence-electron chi connectivity index (χ1n) is 8.26. The predicted octanol–water partition coefficient (Wildman–Crippen LogP) is 3.30. The van der Waals surface area contributed by atoms with Gasteiger partial charge in [-0.3, -0.25) is 9.59 Å². The summed E-state index contributed by atoms with van der Waals surface area (Å²) in [6.07, 6.45) is 0.173. The summed E-state index contributed by atoms with van der Waals surface area (Å²) < 4.78 is 0. The Morgan fingerprint density at radius 3 is 2.40 bits per heavy atom. The van der Waals surface area contributed by atoms with Crippen molar-refractivity contribution >= 4 is 23.6 Å². The summed E-state index contributed by atoms with van der Waals surface area (Å²) in [7, 11) is 0. The standard InChI is InChI=1S/C20H24N2O2S/c1-15-8-9-18(12-16(15)2)25-14-20(24)22(11-10-19(21)23)13-17-6-4-3-5-7-17/h3-9,12H,10-11,13-14H2,1-2H3,(H2,21,23). The van der Waals surface area contributed by atoms with Gasteiger partial charge in [-0.25, -0.2) is 0 Å². The first-order valence-corrected chi connectivity index (χ1v) is 9.24. The molecule has 4 nitrogen and oxygen atoms in total. The van der Waals surface area contributed by atoms with Crippen LogP contribution in [0.15, 0.2) is 53.4 Å². The Hall–Kier alpha value is -2.27. The topological polar surface area (TPSA) is 63.4 Å². The molecule has 0 saturated carbocycles. The molecule has 0 saturated heterocycles. The monoisotopic (exact) mass is 356 g/mol. The molecule has 2 aromatic rings. The van der Waals surface area contributed by atoms with Gasteiger partial charge in [0.15, 0.2) is 0 Å². The molecule has 0 aliphatic rings. The average molecular weight is 356 g/mol. The third kappa shape index (κ3) is 6.27. The van der Waals surface area contributed by atoms with E-state index in [0.717, 1.165) is 10.5 Å². The molecular formula is C20H24N2O2S. The quantitative estimate of drug-likeness (QED) is 0.738. The number of amides is 2. The van der Waals surface area contributed by atoms with Crippen LogP contribution in [-0.2, 0) is 16.1 Å². The van der Waals surface area contributed by atoms with E-state index in [4.69, 9.17) is 5.73 Å². The van der Waals surface area contributed by atoms with Crippen LogP contribution in [-0.4, -0.2) is 29.0 Å². The van der Waals surface area contributed by atoms with Crippen LogP contribution in [0.5, 0.6) is 0 Å². The highest BCUT2D eigenvalue weighted by Crippen LogP contribution is 2.21. The fourth-order valence-corrected chi connectivity index (χ4v) is 3.28. The molecule has 0 spiro atoms. The Labute approximate surface area is 153 Å². The van der Waals surface area contributed by atoms with Gasteiger partial charge in [0.1, 0.15) is 0 Å². The zero-order chi connectivity index (χ0) is 18.2. The Morgan fingerprint density at radius 1 is 1.04 bits per heavy atom. The first-order chi connectivity index (χ1) is 12.0. The third-order valence-corrected chi connectivity index (χ3v) is 5.02. The van der Waals surface area contributed by atoms with E-state index in [1.165, 1.54) is 22.9 Å². The summed E-state index contributed by atoms with van der Waals surface area (Å²) >= 11 is 1.52. The van der Waals surface area contributed by atoms with Crippen molar-refractivity contribution in [2.75, 3.05) is 12.3 Å². The van der Waals surface area contributed by atoms with Crippen LogP contribution < -0.4 is 5.73 Å². The van der Waals surface area contributed by atoms with Gasteiger partial charge in [0, 0.05) is 24.4 Å². The molecule has 2 rings (SSSR count). The number of hydrogen-bond donors (Lipinski definition) is 1. The Bertz CT molecular complexity index is 732. The van der Waals surface area contributed by atoms with Gasteiger partial charge in [0.25, 0.3) is 0 Å². The van der Waals surface area contributed by atoms with E-state index in [1.807, 2.05) is 36.4 Å². The number of rotatable bonds is 8. The SMILES string of the molecule is Cc1ccc(SCC(=O)N(CCC(N)=O)Cc2ccccc2)cc1C. The molecule has 5 heteroatoms. The molecule has 0 bridgehead atoms. The highest BCUT2D eigenvalue weighted by Gasteiger charge is 2.15. The molecule has 0 aliphatic carbocycles. The number of aryl methyl sites for hydroxylation is 2. The molecular weight excluding hydrogens is 332 g/mol. The number of nitrogens with zero attached hydrogens (tertiary/aromatic N) is 1. The smallest absolute Gasteiger partial charge is 0.233 e.